The highest BCUT2D eigenvalue weighted by Gasteiger charge is 2.32. The maximum absolute atomic E-state index is 12.4. The molecule has 3 aromatic carbocycles. The molecule has 1 atom stereocenters. The van der Waals surface area contributed by atoms with Crippen molar-refractivity contribution in [3.63, 3.8) is 0 Å². The minimum absolute atomic E-state index is 0.0164. The van der Waals surface area contributed by atoms with Crippen LogP contribution in [0.3, 0.4) is 0 Å². The molecule has 0 bridgehead atoms. The van der Waals surface area contributed by atoms with Gasteiger partial charge in [0.25, 0.3) is 0 Å². The number of hydrogen-bond acceptors (Lipinski definition) is 7. The number of aryl methyl sites for hydroxylation is 2. The van der Waals surface area contributed by atoms with Gasteiger partial charge in [-0.3, -0.25) is 14.5 Å². The van der Waals surface area contributed by atoms with Gasteiger partial charge >= 0.3 is 5.97 Å². The number of furan rings is 2. The summed E-state index contributed by atoms with van der Waals surface area (Å²) in [5, 5.41) is 25.7. The normalized spacial score (nSPS) is 14.8. The number of fused-ring (bicyclic) bond motifs is 2. The van der Waals surface area contributed by atoms with Gasteiger partial charge in [0.2, 0.25) is 5.91 Å². The fourth-order valence-corrected chi connectivity index (χ4v) is 5.95. The van der Waals surface area contributed by atoms with E-state index in [1.807, 2.05) is 62.4 Å². The predicted octanol–water partition coefficient (Wildman–Crippen LogP) is 5.33. The van der Waals surface area contributed by atoms with E-state index < -0.39 is 18.4 Å². The third-order valence-corrected chi connectivity index (χ3v) is 7.87. The van der Waals surface area contributed by atoms with E-state index in [9.17, 15) is 14.7 Å². The van der Waals surface area contributed by atoms with Crippen LogP contribution >= 0.6 is 0 Å². The number of amides is 1. The van der Waals surface area contributed by atoms with E-state index in [2.05, 4.69) is 10.2 Å². The van der Waals surface area contributed by atoms with Crippen molar-refractivity contribution in [1.29, 1.82) is 0 Å². The zero-order valence-corrected chi connectivity index (χ0v) is 23.5. The molecule has 1 fully saturated rings. The smallest absolute Gasteiger partial charge is 0.322 e. The number of hydrogen-bond donors (Lipinski definition) is 3. The van der Waals surface area contributed by atoms with Crippen LogP contribution in [0.5, 0.6) is 5.75 Å². The molecule has 1 amide bonds. The van der Waals surface area contributed by atoms with E-state index in [-0.39, 0.29) is 18.2 Å². The highest BCUT2D eigenvalue weighted by atomic mass is 16.5. The lowest BCUT2D eigenvalue weighted by Crippen LogP contribution is -2.39. The number of morpholine rings is 1. The van der Waals surface area contributed by atoms with Crippen molar-refractivity contribution in [3.05, 3.63) is 89.1 Å². The Kier molecular flexibility index (Phi) is 7.45. The van der Waals surface area contributed by atoms with Crippen LogP contribution < -0.4 is 5.32 Å². The molecule has 0 saturated carbocycles. The number of ether oxygens (including phenoxy) is 1. The molecule has 6 rings (SSSR count). The van der Waals surface area contributed by atoms with Crippen LogP contribution in [-0.4, -0.2) is 59.8 Å². The summed E-state index contributed by atoms with van der Waals surface area (Å²) in [4.78, 5) is 25.5. The van der Waals surface area contributed by atoms with Crippen molar-refractivity contribution < 1.29 is 33.4 Å². The van der Waals surface area contributed by atoms with Crippen molar-refractivity contribution in [1.82, 2.24) is 10.2 Å². The number of carboxylic acids is 1. The molecule has 9 nitrogen and oxygen atoms in total. The van der Waals surface area contributed by atoms with Gasteiger partial charge in [-0.25, -0.2) is 0 Å². The quantitative estimate of drug-likeness (QED) is 0.229. The number of nitrogens with one attached hydrogen (secondary N) is 1. The Morgan fingerprint density at radius 2 is 1.76 bits per heavy atom. The lowest BCUT2D eigenvalue weighted by atomic mass is 9.87. The predicted molar refractivity (Wildman–Crippen MR) is 158 cm³/mol. The summed E-state index contributed by atoms with van der Waals surface area (Å²) >= 11 is 0. The Balaban J connectivity index is 1.50. The van der Waals surface area contributed by atoms with Crippen LogP contribution in [-0.2, 0) is 20.7 Å². The third-order valence-electron chi connectivity index (χ3n) is 7.87. The SMILES string of the molecule is Cc1ccc(C(c2c(O)cc(-c3c(C)ccc4c(CC(=O)NCC(=O)O)coc34)c3ccccc23)N2CCOCC2)o1. The second-order valence-corrected chi connectivity index (χ2v) is 10.6. The summed E-state index contributed by atoms with van der Waals surface area (Å²) in [6.45, 7) is 6.06. The van der Waals surface area contributed by atoms with Gasteiger partial charge in [0.15, 0.2) is 0 Å². The summed E-state index contributed by atoms with van der Waals surface area (Å²) in [5.41, 5.74) is 4.59. The number of carboxylic acid groups (broad SMARTS) is 1. The molecule has 3 heterocycles. The molecule has 1 aliphatic rings. The first-order chi connectivity index (χ1) is 20.3. The van der Waals surface area contributed by atoms with Crippen molar-refractivity contribution in [2.24, 2.45) is 0 Å². The summed E-state index contributed by atoms with van der Waals surface area (Å²) < 4.78 is 17.8. The molecule has 0 aliphatic carbocycles. The van der Waals surface area contributed by atoms with Gasteiger partial charge in [0.05, 0.1) is 31.9 Å². The van der Waals surface area contributed by atoms with Crippen molar-refractivity contribution in [2.75, 3.05) is 32.8 Å². The molecular weight excluding hydrogens is 536 g/mol. The lowest BCUT2D eigenvalue weighted by molar-refractivity contribution is -0.137. The van der Waals surface area contributed by atoms with Crippen molar-refractivity contribution in [2.45, 2.75) is 26.3 Å². The molecule has 1 saturated heterocycles. The molecule has 1 aliphatic heterocycles. The molecular formula is C33H32N2O7. The number of carbonyl (C=O) groups is 2. The molecule has 9 heteroatoms. The number of phenols is 1. The summed E-state index contributed by atoms with van der Waals surface area (Å²) in [7, 11) is 0. The van der Waals surface area contributed by atoms with Crippen LogP contribution in [0.15, 0.2) is 69.7 Å². The van der Waals surface area contributed by atoms with Gasteiger partial charge in [-0.05, 0) is 53.9 Å². The van der Waals surface area contributed by atoms with E-state index in [0.717, 1.165) is 49.9 Å². The zero-order valence-electron chi connectivity index (χ0n) is 23.5. The summed E-state index contributed by atoms with van der Waals surface area (Å²) in [6, 6.07) is 17.3. The van der Waals surface area contributed by atoms with Gasteiger partial charge in [-0.15, -0.1) is 0 Å². The number of carbonyl (C=O) groups excluding carboxylic acids is 1. The molecule has 42 heavy (non-hydrogen) atoms. The van der Waals surface area contributed by atoms with Gasteiger partial charge in [-0.2, -0.15) is 0 Å². The maximum Gasteiger partial charge on any atom is 0.322 e. The fraction of sp³-hybridized carbons (Fsp3) is 0.273. The molecule has 1 unspecified atom stereocenters. The van der Waals surface area contributed by atoms with Crippen LogP contribution in [0, 0.1) is 13.8 Å². The molecule has 216 valence electrons. The van der Waals surface area contributed by atoms with Crippen LogP contribution in [0.25, 0.3) is 32.9 Å². The first kappa shape index (κ1) is 27.6. The zero-order chi connectivity index (χ0) is 29.4. The van der Waals surface area contributed by atoms with Gasteiger partial charge < -0.3 is 29.1 Å². The topological polar surface area (TPSA) is 125 Å². The van der Waals surface area contributed by atoms with Crippen molar-refractivity contribution >= 4 is 33.6 Å². The van der Waals surface area contributed by atoms with Gasteiger partial charge in [-0.1, -0.05) is 36.4 Å². The number of aliphatic carboxylic acids is 1. The first-order valence-corrected chi connectivity index (χ1v) is 13.9. The Labute approximate surface area is 242 Å². The minimum atomic E-state index is -1.11. The highest BCUT2D eigenvalue weighted by molar-refractivity contribution is 6.07. The molecule has 0 spiro atoms. The first-order valence-electron chi connectivity index (χ1n) is 13.9. The second kappa shape index (κ2) is 11.3. The highest BCUT2D eigenvalue weighted by Crippen LogP contribution is 2.46. The van der Waals surface area contributed by atoms with Crippen LogP contribution in [0.4, 0.5) is 0 Å². The number of benzene rings is 3. The Bertz CT molecular complexity index is 1800. The number of aromatic hydroxyl groups is 1. The Morgan fingerprint density at radius 3 is 2.48 bits per heavy atom. The minimum Gasteiger partial charge on any atom is -0.508 e. The summed E-state index contributed by atoms with van der Waals surface area (Å²) in [5.74, 6) is 0.197. The molecule has 3 N–H and O–H groups in total. The van der Waals surface area contributed by atoms with E-state index in [4.69, 9.17) is 18.7 Å². The third kappa shape index (κ3) is 5.13. The average Bonchev–Trinajstić information content (AvgIpc) is 3.59. The Morgan fingerprint density at radius 1 is 1.00 bits per heavy atom. The number of nitrogens with zero attached hydrogens (tertiary/aromatic N) is 1. The fourth-order valence-electron chi connectivity index (χ4n) is 5.95. The van der Waals surface area contributed by atoms with Crippen LogP contribution in [0.1, 0.15) is 34.3 Å². The van der Waals surface area contributed by atoms with E-state index in [1.165, 1.54) is 6.26 Å². The van der Waals surface area contributed by atoms with E-state index >= 15 is 0 Å². The van der Waals surface area contributed by atoms with E-state index in [0.29, 0.717) is 37.4 Å². The van der Waals surface area contributed by atoms with Crippen LogP contribution in [0.2, 0.25) is 0 Å². The molecule has 0 radical (unpaired) electrons. The van der Waals surface area contributed by atoms with Gasteiger partial charge in [0.1, 0.15) is 29.4 Å². The van der Waals surface area contributed by atoms with E-state index in [1.54, 1.807) is 6.07 Å². The summed E-state index contributed by atoms with van der Waals surface area (Å²) in [6.07, 6.45) is 1.52. The second-order valence-electron chi connectivity index (χ2n) is 10.6. The van der Waals surface area contributed by atoms with Gasteiger partial charge in [0, 0.05) is 35.2 Å². The molecule has 5 aromatic rings. The monoisotopic (exact) mass is 568 g/mol. The lowest BCUT2D eigenvalue weighted by Gasteiger charge is -2.34. The maximum atomic E-state index is 12.4. The molecule has 2 aromatic heterocycles. The number of phenolic OH excluding ortho intramolecular Hbond substituents is 1. The average molecular weight is 569 g/mol. The largest absolute Gasteiger partial charge is 0.508 e. The van der Waals surface area contributed by atoms with Crippen molar-refractivity contribution in [3.8, 4) is 16.9 Å². The Hall–Kier alpha value is -4.60. The standard InChI is InChI=1S/C33H32N2O7/c1-19-7-9-22-21(15-28(37)34-17-29(38)39)18-41-33(22)30(19)25-16-26(36)31(24-6-4-3-5-23(24)25)32(27-10-8-20(2)42-27)35-11-13-40-14-12-35/h3-10,16,18,32,36H,11-15,17H2,1-2H3,(H,34,37)(H,38,39). The number of rotatable bonds is 8.